The predicted octanol–water partition coefficient (Wildman–Crippen LogP) is 3.16. The van der Waals surface area contributed by atoms with Crippen molar-refractivity contribution in [1.82, 2.24) is 4.90 Å². The number of halogens is 1. The molecule has 0 aromatic heterocycles. The second-order valence-electron chi connectivity index (χ2n) is 7.01. The smallest absolute Gasteiger partial charge is 0.414 e. The fourth-order valence-electron chi connectivity index (χ4n) is 3.04. The first-order chi connectivity index (χ1) is 14.8. The van der Waals surface area contributed by atoms with Crippen molar-refractivity contribution in [3.8, 4) is 0 Å². The minimum Gasteiger partial charge on any atom is -0.473 e. The Bertz CT molecular complexity index is 857. The lowest BCUT2D eigenvalue weighted by molar-refractivity contribution is -0.159. The molecule has 0 saturated heterocycles. The minimum absolute atomic E-state index is 0.342. The third-order valence-electron chi connectivity index (χ3n) is 4.58. The summed E-state index contributed by atoms with van der Waals surface area (Å²) in [6, 6.07) is 18.1. The number of aliphatic carboxylic acids is 2. The summed E-state index contributed by atoms with van der Waals surface area (Å²) in [7, 11) is 0. The standard InChI is InChI=1S/C21H24ClNO2.C2H2O4/c22-20-8-6-17(7-9-20)15-25-16-21(24)14-23-12-10-19(11-13-23)18-4-2-1-3-5-18;3-1(4)2(5)6/h1-10,21,24H,11-16H2;(H,3,4)(H,5,6). The zero-order chi connectivity index (χ0) is 22.6. The molecular weight excluding hydrogens is 422 g/mol. The molecule has 7 nitrogen and oxygen atoms in total. The number of ether oxygens (including phenoxy) is 1. The van der Waals surface area contributed by atoms with E-state index in [4.69, 9.17) is 36.1 Å². The average molecular weight is 448 g/mol. The minimum atomic E-state index is -1.82. The Balaban J connectivity index is 0.000000501. The second-order valence-corrected chi connectivity index (χ2v) is 7.45. The number of carboxylic acid groups (broad SMARTS) is 2. The summed E-state index contributed by atoms with van der Waals surface area (Å²) in [4.78, 5) is 20.5. The van der Waals surface area contributed by atoms with E-state index in [0.29, 0.717) is 19.8 Å². The first kappa shape index (κ1) is 24.6. The topological polar surface area (TPSA) is 107 Å². The van der Waals surface area contributed by atoms with Gasteiger partial charge in [-0.3, -0.25) is 4.90 Å². The van der Waals surface area contributed by atoms with Crippen LogP contribution in [0.3, 0.4) is 0 Å². The van der Waals surface area contributed by atoms with Gasteiger partial charge in [0, 0.05) is 24.7 Å². The van der Waals surface area contributed by atoms with Crippen molar-refractivity contribution in [3.05, 3.63) is 76.8 Å². The van der Waals surface area contributed by atoms with Gasteiger partial charge in [0.25, 0.3) is 0 Å². The summed E-state index contributed by atoms with van der Waals surface area (Å²) in [6.45, 7) is 3.31. The maximum Gasteiger partial charge on any atom is 0.414 e. The zero-order valence-corrected chi connectivity index (χ0v) is 17.7. The van der Waals surface area contributed by atoms with Crippen molar-refractivity contribution in [1.29, 1.82) is 0 Å². The van der Waals surface area contributed by atoms with E-state index in [-0.39, 0.29) is 0 Å². The van der Waals surface area contributed by atoms with Crippen LogP contribution in [0.2, 0.25) is 5.02 Å². The molecule has 166 valence electrons. The number of carboxylic acids is 2. The van der Waals surface area contributed by atoms with E-state index in [1.54, 1.807) is 0 Å². The van der Waals surface area contributed by atoms with Gasteiger partial charge in [0.1, 0.15) is 0 Å². The Morgan fingerprint density at radius 2 is 1.68 bits per heavy atom. The number of β-amino-alcohol motifs (C(OH)–C–C–N with tert-alkyl or cyclic N) is 1. The van der Waals surface area contributed by atoms with Crippen molar-refractivity contribution in [2.24, 2.45) is 0 Å². The van der Waals surface area contributed by atoms with Crippen molar-refractivity contribution >= 4 is 29.1 Å². The third-order valence-corrected chi connectivity index (χ3v) is 4.83. The van der Waals surface area contributed by atoms with Gasteiger partial charge in [-0.1, -0.05) is 60.1 Å². The Morgan fingerprint density at radius 3 is 2.23 bits per heavy atom. The molecule has 1 aliphatic heterocycles. The Hall–Kier alpha value is -2.71. The van der Waals surface area contributed by atoms with Crippen LogP contribution in [0.15, 0.2) is 60.7 Å². The molecule has 3 N–H and O–H groups in total. The Morgan fingerprint density at radius 1 is 1.03 bits per heavy atom. The molecule has 0 saturated carbocycles. The normalized spacial score (nSPS) is 14.7. The summed E-state index contributed by atoms with van der Waals surface area (Å²) >= 11 is 5.86. The van der Waals surface area contributed by atoms with Gasteiger partial charge in [-0.15, -0.1) is 0 Å². The molecule has 31 heavy (non-hydrogen) atoms. The summed E-state index contributed by atoms with van der Waals surface area (Å²) < 4.78 is 5.62. The first-order valence-electron chi connectivity index (χ1n) is 9.78. The van der Waals surface area contributed by atoms with Gasteiger partial charge in [-0.05, 0) is 35.3 Å². The highest BCUT2D eigenvalue weighted by molar-refractivity contribution is 6.30. The molecular formula is C23H26ClNO6. The van der Waals surface area contributed by atoms with Crippen LogP contribution in [0, 0.1) is 0 Å². The highest BCUT2D eigenvalue weighted by Crippen LogP contribution is 2.22. The number of hydrogen-bond donors (Lipinski definition) is 3. The van der Waals surface area contributed by atoms with Gasteiger partial charge in [-0.2, -0.15) is 0 Å². The monoisotopic (exact) mass is 447 g/mol. The largest absolute Gasteiger partial charge is 0.473 e. The van der Waals surface area contributed by atoms with Crippen molar-refractivity contribution < 1.29 is 29.6 Å². The highest BCUT2D eigenvalue weighted by atomic mass is 35.5. The van der Waals surface area contributed by atoms with E-state index in [2.05, 4.69) is 35.2 Å². The van der Waals surface area contributed by atoms with E-state index in [0.717, 1.165) is 30.1 Å². The van der Waals surface area contributed by atoms with Gasteiger partial charge >= 0.3 is 11.9 Å². The van der Waals surface area contributed by atoms with Crippen molar-refractivity contribution in [2.75, 3.05) is 26.2 Å². The lowest BCUT2D eigenvalue weighted by atomic mass is 9.99. The average Bonchev–Trinajstić information content (AvgIpc) is 2.77. The molecule has 2 aromatic rings. The number of nitrogens with zero attached hydrogens (tertiary/aromatic N) is 1. The number of aliphatic hydroxyl groups is 1. The molecule has 0 amide bonds. The quantitative estimate of drug-likeness (QED) is 0.559. The molecule has 1 unspecified atom stereocenters. The maximum absolute atomic E-state index is 10.2. The second kappa shape index (κ2) is 12.9. The fourth-order valence-corrected chi connectivity index (χ4v) is 3.16. The van der Waals surface area contributed by atoms with Gasteiger partial charge in [-0.25, -0.2) is 9.59 Å². The third kappa shape index (κ3) is 9.31. The van der Waals surface area contributed by atoms with Crippen LogP contribution in [0.4, 0.5) is 0 Å². The SMILES string of the molecule is O=C(O)C(=O)O.OC(COCc1ccc(Cl)cc1)CN1CC=C(c2ccccc2)CC1. The molecule has 0 radical (unpaired) electrons. The fraction of sp³-hybridized carbons (Fsp3) is 0.304. The summed E-state index contributed by atoms with van der Waals surface area (Å²) in [5.41, 5.74) is 3.75. The molecule has 2 aromatic carbocycles. The van der Waals surface area contributed by atoms with Crippen LogP contribution in [-0.2, 0) is 20.9 Å². The molecule has 1 aliphatic rings. The Labute approximate surface area is 186 Å². The molecule has 0 aliphatic carbocycles. The van der Waals surface area contributed by atoms with Gasteiger partial charge in [0.05, 0.1) is 19.3 Å². The molecule has 0 bridgehead atoms. The molecule has 1 atom stereocenters. The molecule has 0 fully saturated rings. The van der Waals surface area contributed by atoms with E-state index in [1.165, 1.54) is 11.1 Å². The molecule has 0 spiro atoms. The van der Waals surface area contributed by atoms with E-state index < -0.39 is 18.0 Å². The molecule has 8 heteroatoms. The lowest BCUT2D eigenvalue weighted by Gasteiger charge is -2.28. The number of rotatable bonds is 7. The number of benzene rings is 2. The van der Waals surface area contributed by atoms with Crippen LogP contribution in [0.1, 0.15) is 17.5 Å². The highest BCUT2D eigenvalue weighted by Gasteiger charge is 2.16. The number of hydrogen-bond acceptors (Lipinski definition) is 5. The van der Waals surface area contributed by atoms with E-state index in [1.807, 2.05) is 30.3 Å². The zero-order valence-electron chi connectivity index (χ0n) is 17.0. The predicted molar refractivity (Wildman–Crippen MR) is 118 cm³/mol. The number of aliphatic hydroxyl groups excluding tert-OH is 1. The lowest BCUT2D eigenvalue weighted by Crippen LogP contribution is -2.37. The van der Waals surface area contributed by atoms with Crippen molar-refractivity contribution in [3.63, 3.8) is 0 Å². The maximum atomic E-state index is 10.2. The summed E-state index contributed by atoms with van der Waals surface area (Å²) in [5.74, 6) is -3.65. The van der Waals surface area contributed by atoms with Crippen LogP contribution < -0.4 is 0 Å². The number of carbonyl (C=O) groups is 2. The van der Waals surface area contributed by atoms with Gasteiger partial charge in [0.15, 0.2) is 0 Å². The van der Waals surface area contributed by atoms with Crippen molar-refractivity contribution in [2.45, 2.75) is 19.1 Å². The van der Waals surface area contributed by atoms with Crippen LogP contribution >= 0.6 is 11.6 Å². The first-order valence-corrected chi connectivity index (χ1v) is 10.2. The van der Waals surface area contributed by atoms with E-state index >= 15 is 0 Å². The summed E-state index contributed by atoms with van der Waals surface area (Å²) in [6.07, 6.45) is 2.81. The van der Waals surface area contributed by atoms with Gasteiger partial charge in [0.2, 0.25) is 0 Å². The van der Waals surface area contributed by atoms with Gasteiger partial charge < -0.3 is 20.1 Å². The van der Waals surface area contributed by atoms with Crippen LogP contribution in [0.5, 0.6) is 0 Å². The van der Waals surface area contributed by atoms with E-state index in [9.17, 15) is 5.11 Å². The Kier molecular flexibility index (Phi) is 10.2. The van der Waals surface area contributed by atoms with Crippen LogP contribution in [-0.4, -0.2) is 64.5 Å². The molecule has 1 heterocycles. The van der Waals surface area contributed by atoms with Crippen LogP contribution in [0.25, 0.3) is 5.57 Å². The summed E-state index contributed by atoms with van der Waals surface area (Å²) in [5, 5.41) is 25.7. The molecule has 3 rings (SSSR count).